The van der Waals surface area contributed by atoms with Crippen LogP contribution in [-0.2, 0) is 0 Å². The first-order valence-corrected chi connectivity index (χ1v) is 9.25. The fraction of sp³-hybridized carbons (Fsp3) is 0.263. The van der Waals surface area contributed by atoms with Crippen LogP contribution in [-0.4, -0.2) is 21.4 Å². The first kappa shape index (κ1) is 17.2. The van der Waals surface area contributed by atoms with Crippen molar-refractivity contribution in [2.75, 3.05) is 11.9 Å². The number of ether oxygens (including phenoxy) is 1. The van der Waals surface area contributed by atoms with Gasteiger partial charge in [0.25, 0.3) is 0 Å². The van der Waals surface area contributed by atoms with Gasteiger partial charge in [0.1, 0.15) is 12.1 Å². The summed E-state index contributed by atoms with van der Waals surface area (Å²) in [5, 5.41) is 8.95. The lowest BCUT2D eigenvalue weighted by Crippen LogP contribution is -2.28. The normalized spacial score (nSPS) is 18.9. The highest BCUT2D eigenvalue weighted by Crippen LogP contribution is 2.41. The Balaban J connectivity index is 1.75. The molecule has 134 valence electrons. The molecule has 2 heterocycles. The average Bonchev–Trinajstić information content (AvgIpc) is 3.13. The van der Waals surface area contributed by atoms with Crippen molar-refractivity contribution in [3.63, 3.8) is 0 Å². The Kier molecular flexibility index (Phi) is 4.74. The van der Waals surface area contributed by atoms with E-state index in [1.807, 2.05) is 48.0 Å². The highest BCUT2D eigenvalue weighted by Gasteiger charge is 2.31. The fourth-order valence-corrected chi connectivity index (χ4v) is 3.68. The molecule has 0 bridgehead atoms. The van der Waals surface area contributed by atoms with Crippen LogP contribution in [0.25, 0.3) is 0 Å². The molecule has 0 saturated heterocycles. The molecule has 1 N–H and O–H groups in total. The lowest BCUT2D eigenvalue weighted by Gasteiger charge is -2.32. The van der Waals surface area contributed by atoms with E-state index in [9.17, 15) is 0 Å². The van der Waals surface area contributed by atoms with Gasteiger partial charge in [-0.15, -0.1) is 0 Å². The van der Waals surface area contributed by atoms with Crippen LogP contribution in [0.15, 0.2) is 48.8 Å². The molecule has 0 aliphatic carbocycles. The van der Waals surface area contributed by atoms with Gasteiger partial charge in [-0.05, 0) is 37.1 Å². The molecule has 26 heavy (non-hydrogen) atoms. The number of halogens is 2. The van der Waals surface area contributed by atoms with E-state index in [2.05, 4.69) is 21.5 Å². The van der Waals surface area contributed by atoms with E-state index in [1.165, 1.54) is 0 Å². The zero-order valence-electron chi connectivity index (χ0n) is 14.2. The van der Waals surface area contributed by atoms with Gasteiger partial charge in [0.05, 0.1) is 28.7 Å². The number of para-hydroxylation sites is 1. The van der Waals surface area contributed by atoms with Crippen LogP contribution in [0.1, 0.15) is 36.6 Å². The Morgan fingerprint density at radius 2 is 2.04 bits per heavy atom. The second kappa shape index (κ2) is 7.17. The van der Waals surface area contributed by atoms with Crippen molar-refractivity contribution in [1.82, 2.24) is 14.8 Å². The molecule has 5 nitrogen and oxygen atoms in total. The van der Waals surface area contributed by atoms with Crippen molar-refractivity contribution in [3.8, 4) is 5.75 Å². The molecule has 0 spiro atoms. The van der Waals surface area contributed by atoms with Crippen LogP contribution in [0.3, 0.4) is 0 Å². The van der Waals surface area contributed by atoms with Crippen molar-refractivity contribution in [2.45, 2.75) is 25.4 Å². The molecule has 0 fully saturated rings. The van der Waals surface area contributed by atoms with Gasteiger partial charge in [0.2, 0.25) is 5.95 Å². The summed E-state index contributed by atoms with van der Waals surface area (Å²) in [4.78, 5) is 4.36. The van der Waals surface area contributed by atoms with Crippen molar-refractivity contribution < 1.29 is 4.74 Å². The van der Waals surface area contributed by atoms with Crippen molar-refractivity contribution in [3.05, 3.63) is 70.0 Å². The number of nitrogens with one attached hydrogen (secondary N) is 1. The molecule has 1 aromatic heterocycles. The first-order valence-electron chi connectivity index (χ1n) is 8.50. The van der Waals surface area contributed by atoms with Crippen molar-refractivity contribution in [2.24, 2.45) is 0 Å². The zero-order valence-corrected chi connectivity index (χ0v) is 15.7. The molecule has 0 unspecified atom stereocenters. The SMILES string of the molecule is CCOc1ccccc1[C@@H]1C[C@H](c2ccc(Cl)c(Cl)c2)Nc2ncnn21. The van der Waals surface area contributed by atoms with Crippen LogP contribution in [0, 0.1) is 0 Å². The molecular formula is C19H18Cl2N4O. The van der Waals surface area contributed by atoms with Crippen LogP contribution >= 0.6 is 23.2 Å². The molecule has 3 aromatic rings. The van der Waals surface area contributed by atoms with Gasteiger partial charge in [-0.2, -0.15) is 10.1 Å². The molecule has 2 aromatic carbocycles. The van der Waals surface area contributed by atoms with Crippen molar-refractivity contribution >= 4 is 29.2 Å². The molecule has 1 aliphatic heterocycles. The summed E-state index contributed by atoms with van der Waals surface area (Å²) >= 11 is 12.3. The molecule has 0 radical (unpaired) electrons. The molecule has 4 rings (SSSR count). The zero-order chi connectivity index (χ0) is 18.1. The van der Waals surface area contributed by atoms with E-state index < -0.39 is 0 Å². The predicted octanol–water partition coefficient (Wildman–Crippen LogP) is 5.13. The first-order chi connectivity index (χ1) is 12.7. The van der Waals surface area contributed by atoms with Gasteiger partial charge in [-0.25, -0.2) is 4.68 Å². The summed E-state index contributed by atoms with van der Waals surface area (Å²) in [6.07, 6.45) is 2.36. The van der Waals surface area contributed by atoms with E-state index in [1.54, 1.807) is 6.33 Å². The minimum absolute atomic E-state index is 0.0101. The summed E-state index contributed by atoms with van der Waals surface area (Å²) in [5.41, 5.74) is 2.15. The minimum atomic E-state index is 0.0101. The fourth-order valence-electron chi connectivity index (χ4n) is 3.37. The quantitative estimate of drug-likeness (QED) is 0.672. The Bertz CT molecular complexity index is 927. The predicted molar refractivity (Wildman–Crippen MR) is 103 cm³/mol. The molecular weight excluding hydrogens is 371 g/mol. The maximum Gasteiger partial charge on any atom is 0.222 e. The largest absolute Gasteiger partial charge is 0.494 e. The number of nitrogens with zero attached hydrogens (tertiary/aromatic N) is 3. The Morgan fingerprint density at radius 1 is 1.19 bits per heavy atom. The van der Waals surface area contributed by atoms with Crippen LogP contribution < -0.4 is 10.1 Å². The van der Waals surface area contributed by atoms with Gasteiger partial charge >= 0.3 is 0 Å². The molecule has 1 aliphatic rings. The van der Waals surface area contributed by atoms with Crippen LogP contribution in [0.2, 0.25) is 10.0 Å². The number of hydrogen-bond donors (Lipinski definition) is 1. The third-order valence-electron chi connectivity index (χ3n) is 4.55. The number of hydrogen-bond acceptors (Lipinski definition) is 4. The monoisotopic (exact) mass is 388 g/mol. The van der Waals surface area contributed by atoms with E-state index in [0.29, 0.717) is 16.7 Å². The molecule has 2 atom stereocenters. The lowest BCUT2D eigenvalue weighted by atomic mass is 9.93. The summed E-state index contributed by atoms with van der Waals surface area (Å²) in [7, 11) is 0. The summed E-state index contributed by atoms with van der Waals surface area (Å²) in [5.74, 6) is 1.60. The minimum Gasteiger partial charge on any atom is -0.494 e. The van der Waals surface area contributed by atoms with Gasteiger partial charge in [-0.3, -0.25) is 0 Å². The number of aromatic nitrogens is 3. The van der Waals surface area contributed by atoms with Crippen LogP contribution in [0.4, 0.5) is 5.95 Å². The van der Waals surface area contributed by atoms with E-state index in [4.69, 9.17) is 27.9 Å². The van der Waals surface area contributed by atoms with Gasteiger partial charge in [0.15, 0.2) is 0 Å². The standard InChI is InChI=1S/C19H18Cl2N4O/c1-2-26-18-6-4-3-5-13(18)17-10-16(24-19-22-11-23-25(17)19)12-7-8-14(20)15(21)9-12/h3-9,11,16-17H,2,10H2,1H3,(H,22,23,24)/t16-,17+/m1/s1. The highest BCUT2D eigenvalue weighted by molar-refractivity contribution is 6.42. The van der Waals surface area contributed by atoms with E-state index >= 15 is 0 Å². The van der Waals surface area contributed by atoms with Crippen LogP contribution in [0.5, 0.6) is 5.75 Å². The highest BCUT2D eigenvalue weighted by atomic mass is 35.5. The van der Waals surface area contributed by atoms with Crippen molar-refractivity contribution in [1.29, 1.82) is 0 Å². The second-order valence-electron chi connectivity index (χ2n) is 6.12. The third-order valence-corrected chi connectivity index (χ3v) is 5.29. The maximum atomic E-state index is 6.22. The smallest absolute Gasteiger partial charge is 0.222 e. The Morgan fingerprint density at radius 3 is 2.85 bits per heavy atom. The molecule has 0 saturated carbocycles. The van der Waals surface area contributed by atoms with Gasteiger partial charge in [0, 0.05) is 5.56 Å². The molecule has 7 heteroatoms. The second-order valence-corrected chi connectivity index (χ2v) is 6.94. The summed E-state index contributed by atoms with van der Waals surface area (Å²) in [6.45, 7) is 2.60. The van der Waals surface area contributed by atoms with Gasteiger partial charge in [-0.1, -0.05) is 47.5 Å². The Hall–Kier alpha value is -2.24. The number of anilines is 1. The number of rotatable bonds is 4. The number of benzene rings is 2. The topological polar surface area (TPSA) is 52.0 Å². The summed E-state index contributed by atoms with van der Waals surface area (Å²) in [6, 6.07) is 13.8. The number of fused-ring (bicyclic) bond motifs is 1. The van der Waals surface area contributed by atoms with E-state index in [-0.39, 0.29) is 12.1 Å². The average molecular weight is 389 g/mol. The molecule has 0 amide bonds. The lowest BCUT2D eigenvalue weighted by molar-refractivity contribution is 0.325. The maximum absolute atomic E-state index is 6.22. The Labute approximate surface area is 161 Å². The van der Waals surface area contributed by atoms with E-state index in [0.717, 1.165) is 29.2 Å². The third kappa shape index (κ3) is 3.13. The van der Waals surface area contributed by atoms with Gasteiger partial charge < -0.3 is 10.1 Å². The summed E-state index contributed by atoms with van der Waals surface area (Å²) < 4.78 is 7.75.